The molecule has 51 heavy (non-hydrogen) atoms. The second-order valence-electron chi connectivity index (χ2n) is 12.5. The van der Waals surface area contributed by atoms with Gasteiger partial charge in [-0.15, -0.1) is 0 Å². The molecule has 0 aliphatic rings. The van der Waals surface area contributed by atoms with Crippen LogP contribution in [0.1, 0.15) is 16.7 Å². The smallest absolute Gasteiger partial charge is 0.0716 e. The van der Waals surface area contributed by atoms with Crippen LogP contribution in [0.25, 0.3) is 60.6 Å². The van der Waals surface area contributed by atoms with Gasteiger partial charge in [-0.3, -0.25) is 15.0 Å². The van der Waals surface area contributed by atoms with Gasteiger partial charge < -0.3 is 0 Å². The summed E-state index contributed by atoms with van der Waals surface area (Å²) < 4.78 is 0. The lowest BCUT2D eigenvalue weighted by atomic mass is 9.96. The molecule has 1 heterocycles. The summed E-state index contributed by atoms with van der Waals surface area (Å²) in [5, 5.41) is 4.96. The van der Waals surface area contributed by atoms with Gasteiger partial charge in [-0.1, -0.05) is 164 Å². The topological polar surface area (TPSA) is 37.6 Å². The van der Waals surface area contributed by atoms with E-state index in [2.05, 4.69) is 180 Å². The van der Waals surface area contributed by atoms with Crippen molar-refractivity contribution in [3.63, 3.8) is 0 Å². The van der Waals surface area contributed by atoms with Crippen molar-refractivity contribution >= 4 is 39.7 Å². The summed E-state index contributed by atoms with van der Waals surface area (Å²) in [6.45, 7) is 4.48. The number of aromatic nitrogens is 1. The minimum Gasteiger partial charge on any atom is -0.280 e. The zero-order valence-corrected chi connectivity index (χ0v) is 28.2. The lowest BCUT2D eigenvalue weighted by Gasteiger charge is -2.10. The fraction of sp³-hybridized carbons (Fsp3) is 0.0208. The summed E-state index contributed by atoms with van der Waals surface area (Å²) in [5.74, 6) is 0. The number of rotatable bonds is 9. The second kappa shape index (κ2) is 14.4. The van der Waals surface area contributed by atoms with Crippen molar-refractivity contribution in [1.82, 2.24) is 4.98 Å². The third-order valence-electron chi connectivity index (χ3n) is 9.39. The van der Waals surface area contributed by atoms with E-state index in [0.29, 0.717) is 6.54 Å². The number of aliphatic imine (C=N–C) groups is 2. The monoisotopic (exact) mass is 653 g/mol. The molecule has 7 aromatic carbocycles. The van der Waals surface area contributed by atoms with Crippen LogP contribution in [0.5, 0.6) is 0 Å². The molecule has 0 N–H and O–H groups in total. The minimum atomic E-state index is 0.524. The maximum atomic E-state index is 5.17. The molecule has 0 amide bonds. The lowest BCUT2D eigenvalue weighted by molar-refractivity contribution is 1.07. The Balaban J connectivity index is 1.12. The van der Waals surface area contributed by atoms with Crippen molar-refractivity contribution in [3.05, 3.63) is 205 Å². The third kappa shape index (κ3) is 6.79. The van der Waals surface area contributed by atoms with E-state index < -0.39 is 0 Å². The van der Waals surface area contributed by atoms with Crippen LogP contribution in [0.2, 0.25) is 0 Å². The molecule has 8 rings (SSSR count). The molecule has 0 unspecified atom stereocenters. The summed E-state index contributed by atoms with van der Waals surface area (Å²) in [4.78, 5) is 14.0. The fourth-order valence-corrected chi connectivity index (χ4v) is 6.68. The zero-order chi connectivity index (χ0) is 34.4. The van der Waals surface area contributed by atoms with Crippen molar-refractivity contribution in [2.75, 3.05) is 0 Å². The van der Waals surface area contributed by atoms with E-state index in [1.54, 1.807) is 6.20 Å². The molecular weight excluding hydrogens is 619 g/mol. The number of allylic oxidation sites excluding steroid dienone is 1. The number of benzene rings is 7. The Morgan fingerprint density at radius 2 is 1.06 bits per heavy atom. The van der Waals surface area contributed by atoms with Gasteiger partial charge in [-0.2, -0.15) is 0 Å². The van der Waals surface area contributed by atoms with Gasteiger partial charge in [0, 0.05) is 18.0 Å². The molecule has 8 aromatic rings. The number of nitrogens with zero attached hydrogens (tertiary/aromatic N) is 3. The Labute approximate surface area is 298 Å². The van der Waals surface area contributed by atoms with Gasteiger partial charge in [0.1, 0.15) is 0 Å². The van der Waals surface area contributed by atoms with E-state index in [-0.39, 0.29) is 0 Å². The molecule has 1 aromatic heterocycles. The molecule has 0 spiro atoms. The van der Waals surface area contributed by atoms with Crippen molar-refractivity contribution < 1.29 is 0 Å². The van der Waals surface area contributed by atoms with Crippen LogP contribution in [0, 0.1) is 0 Å². The largest absolute Gasteiger partial charge is 0.280 e. The quantitative estimate of drug-likeness (QED) is 0.143. The Bertz CT molecular complexity index is 2520. The highest BCUT2D eigenvalue weighted by molar-refractivity contribution is 6.12. The van der Waals surface area contributed by atoms with E-state index in [9.17, 15) is 0 Å². The molecule has 3 nitrogen and oxygen atoms in total. The molecule has 242 valence electrons. The highest BCUT2D eigenvalue weighted by Gasteiger charge is 2.10. The molecule has 0 fully saturated rings. The van der Waals surface area contributed by atoms with Crippen molar-refractivity contribution in [3.8, 4) is 33.4 Å². The van der Waals surface area contributed by atoms with Gasteiger partial charge in [0.2, 0.25) is 0 Å². The van der Waals surface area contributed by atoms with Gasteiger partial charge >= 0.3 is 0 Å². The summed E-state index contributed by atoms with van der Waals surface area (Å²) in [7, 11) is 0. The summed E-state index contributed by atoms with van der Waals surface area (Å²) >= 11 is 0. The molecule has 0 saturated heterocycles. The van der Waals surface area contributed by atoms with Gasteiger partial charge in [0.05, 0.1) is 18.0 Å². The number of hydrogen-bond donors (Lipinski definition) is 0. The molecule has 0 aliphatic carbocycles. The Hall–Kier alpha value is -6.71. The maximum absolute atomic E-state index is 5.17. The Kier molecular flexibility index (Phi) is 8.92. The highest BCUT2D eigenvalue weighted by Crippen LogP contribution is 2.31. The first-order chi connectivity index (χ1) is 25.2. The summed E-state index contributed by atoms with van der Waals surface area (Å²) in [6.07, 6.45) is 5.72. The van der Waals surface area contributed by atoms with Gasteiger partial charge in [0.25, 0.3) is 0 Å². The highest BCUT2D eigenvalue weighted by atomic mass is 14.8. The van der Waals surface area contributed by atoms with Crippen LogP contribution < -0.4 is 0 Å². The van der Waals surface area contributed by atoms with E-state index >= 15 is 0 Å². The third-order valence-corrected chi connectivity index (χ3v) is 9.39. The average molecular weight is 654 g/mol. The number of fused-ring (bicyclic) bond motifs is 2. The number of hydrogen-bond acceptors (Lipinski definition) is 3. The molecule has 0 saturated carbocycles. The van der Waals surface area contributed by atoms with Crippen LogP contribution >= 0.6 is 0 Å². The van der Waals surface area contributed by atoms with Crippen LogP contribution in [-0.4, -0.2) is 17.4 Å². The lowest BCUT2D eigenvalue weighted by Crippen LogP contribution is -2.00. The van der Waals surface area contributed by atoms with Crippen molar-refractivity contribution in [2.45, 2.75) is 6.54 Å². The minimum absolute atomic E-state index is 0.524. The van der Waals surface area contributed by atoms with Crippen molar-refractivity contribution in [1.29, 1.82) is 0 Å². The first-order valence-electron chi connectivity index (χ1n) is 17.1. The van der Waals surface area contributed by atoms with E-state index in [1.165, 1.54) is 38.2 Å². The predicted molar refractivity (Wildman–Crippen MR) is 216 cm³/mol. The molecule has 3 heteroatoms. The van der Waals surface area contributed by atoms with E-state index in [1.807, 2.05) is 18.3 Å². The average Bonchev–Trinajstić information content (AvgIpc) is 3.21. The van der Waals surface area contributed by atoms with Gasteiger partial charge in [-0.05, 0) is 84.9 Å². The van der Waals surface area contributed by atoms with E-state index in [4.69, 9.17) is 4.99 Å². The molecular formula is C48H35N3. The van der Waals surface area contributed by atoms with Crippen LogP contribution in [-0.2, 0) is 6.54 Å². The fourth-order valence-electron chi connectivity index (χ4n) is 6.68. The Morgan fingerprint density at radius 3 is 1.65 bits per heavy atom. The van der Waals surface area contributed by atoms with Gasteiger partial charge in [0.15, 0.2) is 0 Å². The van der Waals surface area contributed by atoms with Crippen molar-refractivity contribution in [2.24, 2.45) is 9.98 Å². The van der Waals surface area contributed by atoms with Crippen LogP contribution in [0.4, 0.5) is 0 Å². The zero-order valence-electron chi connectivity index (χ0n) is 28.2. The second-order valence-corrected chi connectivity index (χ2v) is 12.5. The Morgan fingerprint density at radius 1 is 0.510 bits per heavy atom. The predicted octanol–water partition coefficient (Wildman–Crippen LogP) is 12.1. The van der Waals surface area contributed by atoms with Crippen LogP contribution in [0.15, 0.2) is 198 Å². The molecule has 0 aliphatic heterocycles. The normalized spacial score (nSPS) is 11.9. The molecule has 0 bridgehead atoms. The van der Waals surface area contributed by atoms with Gasteiger partial charge in [-0.25, -0.2) is 0 Å². The summed E-state index contributed by atoms with van der Waals surface area (Å²) in [5.41, 5.74) is 11.7. The number of pyridine rings is 1. The molecule has 0 radical (unpaired) electrons. The first kappa shape index (κ1) is 31.6. The maximum Gasteiger partial charge on any atom is 0.0716 e. The van der Waals surface area contributed by atoms with E-state index in [0.717, 1.165) is 44.8 Å². The molecule has 0 atom stereocenters. The summed E-state index contributed by atoms with van der Waals surface area (Å²) in [6, 6.07) is 59.7. The standard InChI is InChI=1S/C48H35N3/c1-49-47(40-28-24-39(25-29-40)46-17-7-12-37-10-3-5-15-44(37)46)31-48(41-26-22-35(23-27-41)42-13-8-30-50-33-42)51-32-34-18-20-38(21-19-34)45-16-6-11-36-9-2-4-14-43(36)45/h2-31,33H,1,32H2/b47-31-,51-48+. The SMILES string of the molecule is C=N/C(=C\C(=N/Cc1ccc(-c2cccc3ccccc23)cc1)c1ccc(-c2cccnc2)cc1)c1ccc(-c2cccc3ccccc23)cc1. The first-order valence-corrected chi connectivity index (χ1v) is 17.1. The van der Waals surface area contributed by atoms with Crippen LogP contribution in [0.3, 0.4) is 0 Å².